The minimum absolute atomic E-state index is 0.0587. The highest BCUT2D eigenvalue weighted by molar-refractivity contribution is 7.15. The Morgan fingerprint density at radius 1 is 1.12 bits per heavy atom. The Balaban J connectivity index is 2.03. The van der Waals surface area contributed by atoms with E-state index in [2.05, 4.69) is 29.4 Å². The molecule has 1 amide bonds. The lowest BCUT2D eigenvalue weighted by Crippen LogP contribution is -2.37. The van der Waals surface area contributed by atoms with E-state index in [4.69, 9.17) is 0 Å². The average molecular weight is 338 g/mol. The average Bonchev–Trinajstić information content (AvgIpc) is 2.98. The quantitative estimate of drug-likeness (QED) is 0.666. The van der Waals surface area contributed by atoms with Gasteiger partial charge in [0.1, 0.15) is 11.4 Å². The Morgan fingerprint density at radius 3 is 2.50 bits per heavy atom. The number of anilines is 3. The highest BCUT2D eigenvalue weighted by atomic mass is 32.1. The maximum atomic E-state index is 13.1. The molecule has 0 saturated carbocycles. The van der Waals surface area contributed by atoms with Crippen molar-refractivity contribution in [1.29, 1.82) is 0 Å². The van der Waals surface area contributed by atoms with Crippen molar-refractivity contribution >= 4 is 44.5 Å². The molecule has 0 atom stereocenters. The fourth-order valence-electron chi connectivity index (χ4n) is 3.40. The Bertz CT molecular complexity index is 1000. The molecule has 5 heteroatoms. The number of aromatic nitrogens is 1. The van der Waals surface area contributed by atoms with Crippen LogP contribution in [0.15, 0.2) is 30.3 Å². The number of thiazole rings is 1. The van der Waals surface area contributed by atoms with Crippen LogP contribution in [0, 0.1) is 13.8 Å². The van der Waals surface area contributed by atoms with Gasteiger partial charge in [0, 0.05) is 30.6 Å². The first-order valence-corrected chi connectivity index (χ1v) is 8.77. The summed E-state index contributed by atoms with van der Waals surface area (Å²) in [5, 5.41) is 3.14. The molecule has 2 aromatic carbocycles. The van der Waals surface area contributed by atoms with Crippen LogP contribution in [0.3, 0.4) is 0 Å². The van der Waals surface area contributed by atoms with Crippen molar-refractivity contribution in [3.05, 3.63) is 46.5 Å². The van der Waals surface area contributed by atoms with E-state index in [0.717, 1.165) is 32.8 Å². The second kappa shape index (κ2) is 5.05. The summed E-state index contributed by atoms with van der Waals surface area (Å²) in [4.78, 5) is 18.3. The number of hydrogen-bond donors (Lipinski definition) is 0. The highest BCUT2D eigenvalue weighted by Crippen LogP contribution is 2.44. The van der Waals surface area contributed by atoms with Gasteiger partial charge < -0.3 is 4.90 Å². The Morgan fingerprint density at radius 2 is 1.88 bits per heavy atom. The van der Waals surface area contributed by atoms with E-state index in [0.29, 0.717) is 0 Å². The van der Waals surface area contributed by atoms with Crippen molar-refractivity contribution in [2.45, 2.75) is 13.8 Å². The molecule has 24 heavy (non-hydrogen) atoms. The van der Waals surface area contributed by atoms with Crippen LogP contribution in [-0.2, 0) is 7.05 Å². The van der Waals surface area contributed by atoms with Crippen LogP contribution in [0.5, 0.6) is 0 Å². The Hall–Kier alpha value is -2.40. The lowest BCUT2D eigenvalue weighted by molar-refractivity contribution is -0.660. The van der Waals surface area contributed by atoms with E-state index in [-0.39, 0.29) is 5.91 Å². The van der Waals surface area contributed by atoms with Gasteiger partial charge in [-0.15, -0.1) is 4.90 Å². The van der Waals surface area contributed by atoms with E-state index in [1.165, 1.54) is 10.6 Å². The number of amides is 1. The molecule has 0 aliphatic carbocycles. The minimum Gasteiger partial charge on any atom is -0.377 e. The molecule has 1 aliphatic rings. The zero-order chi connectivity index (χ0) is 17.2. The second-order valence-corrected chi connectivity index (χ2v) is 7.63. The topological polar surface area (TPSA) is 27.4 Å². The maximum absolute atomic E-state index is 13.1. The summed E-state index contributed by atoms with van der Waals surface area (Å²) in [5.74, 6) is 0.0587. The lowest BCUT2D eigenvalue weighted by atomic mass is 10.0. The predicted molar refractivity (Wildman–Crippen MR) is 99.7 cm³/mol. The van der Waals surface area contributed by atoms with Gasteiger partial charge in [0.2, 0.25) is 0 Å². The number of rotatable bonds is 2. The molecule has 0 unspecified atom stereocenters. The third-order valence-electron chi connectivity index (χ3n) is 4.89. The fourth-order valence-corrected chi connectivity index (χ4v) is 4.51. The van der Waals surface area contributed by atoms with Crippen molar-refractivity contribution in [1.82, 2.24) is 0 Å². The summed E-state index contributed by atoms with van der Waals surface area (Å²) in [6.07, 6.45) is 0. The molecule has 3 aromatic rings. The van der Waals surface area contributed by atoms with Gasteiger partial charge in [-0.25, -0.2) is 9.36 Å². The van der Waals surface area contributed by atoms with E-state index in [1.807, 2.05) is 50.3 Å². The molecule has 0 N–H and O–H groups in total. The van der Waals surface area contributed by atoms with E-state index < -0.39 is 0 Å². The zero-order valence-electron chi connectivity index (χ0n) is 14.5. The normalized spacial score (nSPS) is 13.2. The number of carbonyl (C=O) groups is 1. The molecule has 0 radical (unpaired) electrons. The summed E-state index contributed by atoms with van der Waals surface area (Å²) >= 11 is 1.66. The summed E-state index contributed by atoms with van der Waals surface area (Å²) < 4.78 is 2.11. The Kier molecular flexibility index (Phi) is 3.18. The standard InChI is InChI=1S/C19H20N3OS/c1-11-12(2)24-19(21(11)5)22-16-8-6-7-13-15(20(3)4)10-9-14(17(13)16)18(22)23/h6-10H,1-5H3/q+1. The van der Waals surface area contributed by atoms with Gasteiger partial charge >= 0.3 is 11.0 Å². The SMILES string of the molecule is Cc1sc(N2C(=O)c3ccc(N(C)C)c4cccc2c34)[n+](C)c1C. The smallest absolute Gasteiger partial charge is 0.349 e. The van der Waals surface area contributed by atoms with Gasteiger partial charge in [-0.3, -0.25) is 0 Å². The molecular formula is C19H20N3OS+. The monoisotopic (exact) mass is 338 g/mol. The highest BCUT2D eigenvalue weighted by Gasteiger charge is 2.41. The summed E-state index contributed by atoms with van der Waals surface area (Å²) in [5.41, 5.74) is 4.09. The van der Waals surface area contributed by atoms with Crippen molar-refractivity contribution in [2.75, 3.05) is 23.9 Å². The maximum Gasteiger partial charge on any atom is 0.349 e. The predicted octanol–water partition coefficient (Wildman–Crippen LogP) is 3.70. The minimum atomic E-state index is 0.0587. The number of hydrogen-bond acceptors (Lipinski definition) is 3. The fraction of sp³-hybridized carbons (Fsp3) is 0.263. The van der Waals surface area contributed by atoms with Crippen molar-refractivity contribution in [3.8, 4) is 0 Å². The van der Waals surface area contributed by atoms with Crippen LogP contribution in [0.4, 0.5) is 16.5 Å². The van der Waals surface area contributed by atoms with Crippen molar-refractivity contribution in [3.63, 3.8) is 0 Å². The number of carbonyl (C=O) groups excluding carboxylic acids is 1. The van der Waals surface area contributed by atoms with Gasteiger partial charge in [-0.2, -0.15) is 0 Å². The van der Waals surface area contributed by atoms with E-state index in [9.17, 15) is 4.79 Å². The number of benzene rings is 2. The zero-order valence-corrected chi connectivity index (χ0v) is 15.4. The molecule has 0 spiro atoms. The Labute approximate surface area is 145 Å². The van der Waals surface area contributed by atoms with Gasteiger partial charge in [0.15, 0.2) is 0 Å². The lowest BCUT2D eigenvalue weighted by Gasteiger charge is -2.15. The number of aryl methyl sites for hydroxylation is 1. The molecule has 1 aliphatic heterocycles. The van der Waals surface area contributed by atoms with Gasteiger partial charge in [-0.1, -0.05) is 23.5 Å². The molecule has 4 nitrogen and oxygen atoms in total. The third-order valence-corrected chi connectivity index (χ3v) is 6.13. The third kappa shape index (κ3) is 1.85. The molecule has 0 fully saturated rings. The van der Waals surface area contributed by atoms with Crippen molar-refractivity contribution < 1.29 is 9.36 Å². The molecule has 1 aromatic heterocycles. The van der Waals surface area contributed by atoms with E-state index >= 15 is 0 Å². The second-order valence-electron chi connectivity index (χ2n) is 6.45. The first-order valence-electron chi connectivity index (χ1n) is 7.95. The van der Waals surface area contributed by atoms with Crippen LogP contribution in [-0.4, -0.2) is 20.0 Å². The number of nitrogens with zero attached hydrogens (tertiary/aromatic N) is 3. The van der Waals surface area contributed by atoms with Gasteiger partial charge in [0.05, 0.1) is 17.5 Å². The molecule has 122 valence electrons. The summed E-state index contributed by atoms with van der Waals surface area (Å²) in [6.45, 7) is 4.19. The van der Waals surface area contributed by atoms with Gasteiger partial charge in [-0.05, 0) is 32.0 Å². The molecular weight excluding hydrogens is 318 g/mol. The van der Waals surface area contributed by atoms with E-state index in [1.54, 1.807) is 11.3 Å². The molecule has 2 heterocycles. The van der Waals surface area contributed by atoms with Crippen LogP contribution >= 0.6 is 11.3 Å². The van der Waals surface area contributed by atoms with Gasteiger partial charge in [0.25, 0.3) is 0 Å². The molecule has 4 rings (SSSR count). The molecule has 0 saturated heterocycles. The van der Waals surface area contributed by atoms with Crippen LogP contribution in [0.1, 0.15) is 20.9 Å². The largest absolute Gasteiger partial charge is 0.377 e. The first-order chi connectivity index (χ1) is 11.4. The molecule has 0 bridgehead atoms. The van der Waals surface area contributed by atoms with Crippen LogP contribution < -0.4 is 14.4 Å². The summed E-state index contributed by atoms with van der Waals surface area (Å²) in [6, 6.07) is 10.2. The first kappa shape index (κ1) is 15.1. The van der Waals surface area contributed by atoms with Crippen LogP contribution in [0.2, 0.25) is 0 Å². The van der Waals surface area contributed by atoms with Crippen LogP contribution in [0.25, 0.3) is 10.8 Å². The van der Waals surface area contributed by atoms with Crippen molar-refractivity contribution in [2.24, 2.45) is 7.05 Å². The summed E-state index contributed by atoms with van der Waals surface area (Å²) in [7, 11) is 6.09.